The molecule has 0 saturated heterocycles. The second kappa shape index (κ2) is 6.64. The number of aromatic nitrogens is 3. The highest BCUT2D eigenvalue weighted by atomic mass is 35.5. The van der Waals surface area contributed by atoms with Crippen molar-refractivity contribution in [1.29, 1.82) is 0 Å². The quantitative estimate of drug-likeness (QED) is 0.690. The number of hydrogen-bond acceptors (Lipinski definition) is 6. The summed E-state index contributed by atoms with van der Waals surface area (Å²) in [6.07, 6.45) is -1.76. The van der Waals surface area contributed by atoms with Crippen LogP contribution in [0.5, 0.6) is 0 Å². The largest absolute Gasteiger partial charge is 0.416 e. The van der Waals surface area contributed by atoms with Gasteiger partial charge < -0.3 is 10.3 Å². The molecule has 5 nitrogen and oxygen atoms in total. The van der Waals surface area contributed by atoms with E-state index in [1.165, 1.54) is 17.4 Å². The first kappa shape index (κ1) is 18.8. The number of nitrogens with zero attached hydrogens (tertiary/aromatic N) is 3. The molecule has 138 valence electrons. The fraction of sp³-hybridized carbons (Fsp3) is 0.312. The molecule has 0 spiro atoms. The van der Waals surface area contributed by atoms with E-state index in [4.69, 9.17) is 10.3 Å². The molecule has 1 fully saturated rings. The third-order valence-electron chi connectivity index (χ3n) is 4.28. The molecule has 0 unspecified atom stereocenters. The van der Waals surface area contributed by atoms with Gasteiger partial charge in [0.25, 0.3) is 5.89 Å². The van der Waals surface area contributed by atoms with Gasteiger partial charge in [0.1, 0.15) is 10.7 Å². The van der Waals surface area contributed by atoms with E-state index in [1.54, 1.807) is 11.4 Å². The van der Waals surface area contributed by atoms with Gasteiger partial charge in [0.15, 0.2) is 5.82 Å². The molecule has 10 heteroatoms. The Hall–Kier alpha value is -1.97. The van der Waals surface area contributed by atoms with Crippen LogP contribution < -0.4 is 5.73 Å². The van der Waals surface area contributed by atoms with E-state index in [-0.39, 0.29) is 18.3 Å². The van der Waals surface area contributed by atoms with Gasteiger partial charge in [-0.2, -0.15) is 18.2 Å². The number of hydrogen-bond donors (Lipinski definition) is 1. The molecule has 0 amide bonds. The Morgan fingerprint density at radius 2 is 1.96 bits per heavy atom. The van der Waals surface area contributed by atoms with Crippen LogP contribution in [0.1, 0.15) is 30.7 Å². The number of thiazole rings is 1. The van der Waals surface area contributed by atoms with Gasteiger partial charge in [-0.3, -0.25) is 0 Å². The summed E-state index contributed by atoms with van der Waals surface area (Å²) in [6.45, 7) is 0. The van der Waals surface area contributed by atoms with Crippen LogP contribution in [0.25, 0.3) is 22.2 Å². The van der Waals surface area contributed by atoms with Gasteiger partial charge in [-0.1, -0.05) is 17.3 Å². The average Bonchev–Trinajstić information content (AvgIpc) is 3.21. The third kappa shape index (κ3) is 3.34. The van der Waals surface area contributed by atoms with E-state index in [0.29, 0.717) is 22.1 Å². The molecule has 26 heavy (non-hydrogen) atoms. The Labute approximate surface area is 156 Å². The first-order valence-corrected chi connectivity index (χ1v) is 8.50. The molecule has 1 aliphatic carbocycles. The van der Waals surface area contributed by atoms with E-state index in [9.17, 15) is 13.2 Å². The summed E-state index contributed by atoms with van der Waals surface area (Å²) >= 11 is 1.22. The molecule has 1 saturated carbocycles. The van der Waals surface area contributed by atoms with Crippen molar-refractivity contribution < 1.29 is 17.7 Å². The maximum atomic E-state index is 12.8. The molecular formula is C16H14ClF3N4OS. The van der Waals surface area contributed by atoms with Crippen LogP contribution in [0.15, 0.2) is 34.2 Å². The van der Waals surface area contributed by atoms with Gasteiger partial charge in [-0.05, 0) is 31.4 Å². The molecule has 2 N–H and O–H groups in total. The zero-order chi connectivity index (χ0) is 17.7. The SMILES string of the molecule is Cl.NC1(c2noc(-c3csc(-c4cccc(C(F)(F)F)c4)n3)n2)CCC1. The van der Waals surface area contributed by atoms with Crippen molar-refractivity contribution in [3.63, 3.8) is 0 Å². The number of alkyl halides is 3. The number of benzene rings is 1. The highest BCUT2D eigenvalue weighted by Gasteiger charge is 2.39. The minimum atomic E-state index is -4.39. The van der Waals surface area contributed by atoms with Crippen molar-refractivity contribution in [1.82, 2.24) is 15.1 Å². The van der Waals surface area contributed by atoms with Crippen LogP contribution in [-0.4, -0.2) is 15.1 Å². The molecule has 3 aromatic rings. The van der Waals surface area contributed by atoms with Gasteiger partial charge in [-0.25, -0.2) is 4.98 Å². The second-order valence-electron chi connectivity index (χ2n) is 6.05. The fourth-order valence-corrected chi connectivity index (χ4v) is 3.44. The molecule has 4 rings (SSSR count). The standard InChI is InChI=1S/C16H13F3N4OS.ClH/c17-16(18,19)10-4-1-3-9(7-10)13-21-11(8-25-13)12-22-14(23-24-12)15(20)5-2-6-15;/h1,3-4,7-8H,2,5-6,20H2;1H. The topological polar surface area (TPSA) is 77.8 Å². The normalized spacial score (nSPS) is 16.0. The molecule has 0 aliphatic heterocycles. The maximum absolute atomic E-state index is 12.8. The zero-order valence-corrected chi connectivity index (χ0v) is 14.9. The van der Waals surface area contributed by atoms with E-state index < -0.39 is 17.3 Å². The molecule has 2 heterocycles. The molecule has 1 aromatic carbocycles. The lowest BCUT2D eigenvalue weighted by atomic mass is 9.77. The lowest BCUT2D eigenvalue weighted by Crippen LogP contribution is -2.44. The third-order valence-corrected chi connectivity index (χ3v) is 5.17. The van der Waals surface area contributed by atoms with Crippen molar-refractivity contribution in [2.24, 2.45) is 5.73 Å². The fourth-order valence-electron chi connectivity index (χ4n) is 2.64. The van der Waals surface area contributed by atoms with Crippen molar-refractivity contribution >= 4 is 23.7 Å². The van der Waals surface area contributed by atoms with Gasteiger partial charge in [0.2, 0.25) is 0 Å². The average molecular weight is 403 g/mol. The number of halogens is 4. The summed E-state index contributed by atoms with van der Waals surface area (Å²) in [5.74, 6) is 0.670. The molecular weight excluding hydrogens is 389 g/mol. The Morgan fingerprint density at radius 3 is 2.62 bits per heavy atom. The smallest absolute Gasteiger partial charge is 0.332 e. The van der Waals surface area contributed by atoms with Gasteiger partial charge in [0, 0.05) is 10.9 Å². The molecule has 0 radical (unpaired) electrons. The molecule has 0 atom stereocenters. The van der Waals surface area contributed by atoms with Crippen LogP contribution in [0.3, 0.4) is 0 Å². The van der Waals surface area contributed by atoms with Crippen LogP contribution >= 0.6 is 23.7 Å². The molecule has 2 aromatic heterocycles. The predicted octanol–water partition coefficient (Wildman–Crippen LogP) is 4.64. The van der Waals surface area contributed by atoms with Gasteiger partial charge in [0.05, 0.1) is 11.1 Å². The van der Waals surface area contributed by atoms with Gasteiger partial charge in [-0.15, -0.1) is 23.7 Å². The van der Waals surface area contributed by atoms with Crippen molar-refractivity contribution in [2.45, 2.75) is 31.0 Å². The van der Waals surface area contributed by atoms with E-state index >= 15 is 0 Å². The Kier molecular flexibility index (Phi) is 4.80. The summed E-state index contributed by atoms with van der Waals surface area (Å²) in [6, 6.07) is 5.05. The van der Waals surface area contributed by atoms with Crippen molar-refractivity contribution in [2.75, 3.05) is 0 Å². The highest BCUT2D eigenvalue weighted by molar-refractivity contribution is 7.13. The predicted molar refractivity (Wildman–Crippen MR) is 92.8 cm³/mol. The van der Waals surface area contributed by atoms with E-state index in [0.717, 1.165) is 31.4 Å². The summed E-state index contributed by atoms with van der Waals surface area (Å²) in [5, 5.41) is 6.05. The monoisotopic (exact) mass is 402 g/mol. The lowest BCUT2D eigenvalue weighted by molar-refractivity contribution is -0.137. The van der Waals surface area contributed by atoms with Crippen molar-refractivity contribution in [3.05, 3.63) is 41.0 Å². The zero-order valence-electron chi connectivity index (χ0n) is 13.3. The Bertz CT molecular complexity index is 920. The van der Waals surface area contributed by atoms with E-state index in [1.807, 2.05) is 0 Å². The summed E-state index contributed by atoms with van der Waals surface area (Å²) in [7, 11) is 0. The van der Waals surface area contributed by atoms with Crippen LogP contribution in [0.2, 0.25) is 0 Å². The van der Waals surface area contributed by atoms with Crippen LogP contribution in [-0.2, 0) is 11.7 Å². The van der Waals surface area contributed by atoms with Crippen LogP contribution in [0.4, 0.5) is 13.2 Å². The highest BCUT2D eigenvalue weighted by Crippen LogP contribution is 2.38. The maximum Gasteiger partial charge on any atom is 0.416 e. The number of rotatable bonds is 3. The summed E-state index contributed by atoms with van der Waals surface area (Å²) in [4.78, 5) is 8.63. The minimum Gasteiger partial charge on any atom is -0.332 e. The van der Waals surface area contributed by atoms with Crippen molar-refractivity contribution in [3.8, 4) is 22.2 Å². The van der Waals surface area contributed by atoms with E-state index in [2.05, 4.69) is 15.1 Å². The second-order valence-corrected chi connectivity index (χ2v) is 6.91. The summed E-state index contributed by atoms with van der Waals surface area (Å²) in [5.41, 5.74) is 5.73. The first-order valence-electron chi connectivity index (χ1n) is 7.62. The minimum absolute atomic E-state index is 0. The number of nitrogens with two attached hydrogens (primary N) is 1. The lowest BCUT2D eigenvalue weighted by Gasteiger charge is -2.34. The van der Waals surface area contributed by atoms with Gasteiger partial charge >= 0.3 is 6.18 Å². The molecule has 0 bridgehead atoms. The first-order chi connectivity index (χ1) is 11.9. The Morgan fingerprint density at radius 1 is 1.19 bits per heavy atom. The Balaban J connectivity index is 0.00000196. The molecule has 1 aliphatic rings. The summed E-state index contributed by atoms with van der Waals surface area (Å²) < 4.78 is 43.8. The van der Waals surface area contributed by atoms with Crippen LogP contribution in [0, 0.1) is 0 Å².